The maximum absolute atomic E-state index is 12.8. The second-order valence-corrected chi connectivity index (χ2v) is 5.90. The molecule has 2 aromatic rings. The number of hydrogen-bond acceptors (Lipinski definition) is 3. The molecule has 3 rings (SSSR count). The van der Waals surface area contributed by atoms with Crippen LogP contribution in [0.25, 0.3) is 0 Å². The average molecular weight is 344 g/mol. The molecular weight excluding hydrogens is 329 g/mol. The highest BCUT2D eigenvalue weighted by Gasteiger charge is 2.35. The van der Waals surface area contributed by atoms with Crippen LogP contribution < -0.4 is 0 Å². The quantitative estimate of drug-likeness (QED) is 0.632. The molecule has 1 amide bonds. The lowest BCUT2D eigenvalue weighted by Crippen LogP contribution is -2.29. The van der Waals surface area contributed by atoms with Gasteiger partial charge in [-0.15, -0.1) is 6.42 Å². The van der Waals surface area contributed by atoms with Gasteiger partial charge in [-0.1, -0.05) is 24.1 Å². The van der Waals surface area contributed by atoms with Crippen molar-refractivity contribution in [1.29, 1.82) is 0 Å². The SMILES string of the molecule is C#Cc1cnc(Cl)nc1Cc1cccc2c1C(=O)N(CCF)C2C. The molecule has 2 heterocycles. The molecule has 0 aliphatic carbocycles. The van der Waals surface area contributed by atoms with Crippen molar-refractivity contribution in [3.8, 4) is 12.3 Å². The summed E-state index contributed by atoms with van der Waals surface area (Å²) in [7, 11) is 0. The molecule has 0 radical (unpaired) electrons. The molecule has 0 N–H and O–H groups in total. The summed E-state index contributed by atoms with van der Waals surface area (Å²) in [5.74, 6) is 2.37. The largest absolute Gasteiger partial charge is 0.329 e. The van der Waals surface area contributed by atoms with E-state index in [1.165, 1.54) is 6.20 Å². The van der Waals surface area contributed by atoms with E-state index in [9.17, 15) is 9.18 Å². The highest BCUT2D eigenvalue weighted by molar-refractivity contribution is 6.28. The zero-order chi connectivity index (χ0) is 17.3. The smallest absolute Gasteiger partial charge is 0.255 e. The van der Waals surface area contributed by atoms with E-state index >= 15 is 0 Å². The maximum atomic E-state index is 12.8. The zero-order valence-corrected chi connectivity index (χ0v) is 13.8. The van der Waals surface area contributed by atoms with Crippen molar-refractivity contribution >= 4 is 17.5 Å². The summed E-state index contributed by atoms with van der Waals surface area (Å²) in [6.45, 7) is 1.42. The summed E-state index contributed by atoms with van der Waals surface area (Å²) in [4.78, 5) is 22.3. The molecule has 1 atom stereocenters. The van der Waals surface area contributed by atoms with Crippen LogP contribution in [0.1, 0.15) is 45.7 Å². The maximum Gasteiger partial charge on any atom is 0.255 e. The Bertz CT molecular complexity index is 847. The fraction of sp³-hybridized carbons (Fsp3) is 0.278. The zero-order valence-electron chi connectivity index (χ0n) is 13.1. The molecule has 0 saturated carbocycles. The number of carbonyl (C=O) groups is 1. The summed E-state index contributed by atoms with van der Waals surface area (Å²) >= 11 is 5.87. The summed E-state index contributed by atoms with van der Waals surface area (Å²) < 4.78 is 12.8. The van der Waals surface area contributed by atoms with Crippen molar-refractivity contribution in [2.75, 3.05) is 13.2 Å². The van der Waals surface area contributed by atoms with Crippen molar-refractivity contribution in [2.45, 2.75) is 19.4 Å². The first kappa shape index (κ1) is 16.4. The van der Waals surface area contributed by atoms with Gasteiger partial charge in [0.1, 0.15) is 6.67 Å². The normalized spacial score (nSPS) is 16.2. The number of alkyl halides is 1. The fourth-order valence-corrected chi connectivity index (χ4v) is 3.23. The van der Waals surface area contributed by atoms with Crippen LogP contribution in [0.2, 0.25) is 5.28 Å². The summed E-state index contributed by atoms with van der Waals surface area (Å²) in [5, 5.41) is 0.107. The average Bonchev–Trinajstić information content (AvgIpc) is 2.81. The topological polar surface area (TPSA) is 46.1 Å². The monoisotopic (exact) mass is 343 g/mol. The molecule has 24 heavy (non-hydrogen) atoms. The van der Waals surface area contributed by atoms with E-state index in [1.807, 2.05) is 25.1 Å². The molecule has 6 heteroatoms. The fourth-order valence-electron chi connectivity index (χ4n) is 3.08. The minimum absolute atomic E-state index is 0.0864. The molecule has 1 aromatic carbocycles. The summed E-state index contributed by atoms with van der Waals surface area (Å²) in [6, 6.07) is 5.49. The third kappa shape index (κ3) is 2.74. The van der Waals surface area contributed by atoms with Gasteiger partial charge in [-0.25, -0.2) is 14.4 Å². The standard InChI is InChI=1S/C18H15ClFN3O/c1-3-12-10-21-18(19)22-15(12)9-13-5-4-6-14-11(2)23(8-7-20)17(24)16(13)14/h1,4-6,10-11H,7-9H2,2H3. The number of carbonyl (C=O) groups excluding carboxylic acids is 1. The van der Waals surface area contributed by atoms with Gasteiger partial charge >= 0.3 is 0 Å². The lowest BCUT2D eigenvalue weighted by molar-refractivity contribution is 0.0724. The lowest BCUT2D eigenvalue weighted by Gasteiger charge is -2.20. The second-order valence-electron chi connectivity index (χ2n) is 5.57. The molecule has 1 aromatic heterocycles. The van der Waals surface area contributed by atoms with E-state index in [2.05, 4.69) is 15.9 Å². The minimum Gasteiger partial charge on any atom is -0.329 e. The van der Waals surface area contributed by atoms with Gasteiger partial charge < -0.3 is 4.90 Å². The molecular formula is C18H15ClFN3O. The highest BCUT2D eigenvalue weighted by atomic mass is 35.5. The number of hydrogen-bond donors (Lipinski definition) is 0. The first-order valence-corrected chi connectivity index (χ1v) is 7.91. The Morgan fingerprint density at radius 2 is 2.25 bits per heavy atom. The van der Waals surface area contributed by atoms with Crippen LogP contribution in [0.5, 0.6) is 0 Å². The first-order valence-electron chi connectivity index (χ1n) is 7.53. The molecule has 0 spiro atoms. The Morgan fingerprint density at radius 3 is 2.96 bits per heavy atom. The molecule has 0 saturated heterocycles. The Balaban J connectivity index is 2.03. The number of halogens is 2. The third-order valence-corrected chi connectivity index (χ3v) is 4.43. The van der Waals surface area contributed by atoms with E-state index in [0.29, 0.717) is 23.2 Å². The van der Waals surface area contributed by atoms with Crippen molar-refractivity contribution in [3.05, 3.63) is 57.6 Å². The molecule has 122 valence electrons. The predicted molar refractivity (Wildman–Crippen MR) is 89.7 cm³/mol. The predicted octanol–water partition coefficient (Wildman–Crippen LogP) is 3.19. The Kier molecular flexibility index (Phi) is 4.50. The number of aromatic nitrogens is 2. The van der Waals surface area contributed by atoms with Crippen LogP contribution in [0.15, 0.2) is 24.4 Å². The van der Waals surface area contributed by atoms with Crippen molar-refractivity contribution in [1.82, 2.24) is 14.9 Å². The van der Waals surface area contributed by atoms with Gasteiger partial charge in [0, 0.05) is 24.7 Å². The molecule has 4 nitrogen and oxygen atoms in total. The van der Waals surface area contributed by atoms with Crippen molar-refractivity contribution < 1.29 is 9.18 Å². The van der Waals surface area contributed by atoms with Gasteiger partial charge in [-0.2, -0.15) is 0 Å². The minimum atomic E-state index is -0.567. The van der Waals surface area contributed by atoms with Crippen LogP contribution in [0, 0.1) is 12.3 Å². The van der Waals surface area contributed by atoms with Crippen LogP contribution in [0.3, 0.4) is 0 Å². The van der Waals surface area contributed by atoms with Gasteiger partial charge in [0.05, 0.1) is 17.3 Å². The van der Waals surface area contributed by atoms with Crippen molar-refractivity contribution in [2.24, 2.45) is 0 Å². The van der Waals surface area contributed by atoms with Gasteiger partial charge in [-0.3, -0.25) is 4.79 Å². The highest BCUT2D eigenvalue weighted by Crippen LogP contribution is 2.35. The number of rotatable bonds is 4. The Hall–Kier alpha value is -2.45. The van der Waals surface area contributed by atoms with E-state index in [-0.39, 0.29) is 23.8 Å². The lowest BCUT2D eigenvalue weighted by atomic mass is 9.96. The Morgan fingerprint density at radius 1 is 1.46 bits per heavy atom. The van der Waals surface area contributed by atoms with Gasteiger partial charge in [0.15, 0.2) is 0 Å². The number of amides is 1. The second kappa shape index (κ2) is 6.58. The van der Waals surface area contributed by atoms with E-state index in [4.69, 9.17) is 18.0 Å². The number of terminal acetylenes is 1. The van der Waals surface area contributed by atoms with Crippen LogP contribution in [-0.2, 0) is 6.42 Å². The van der Waals surface area contributed by atoms with Gasteiger partial charge in [0.25, 0.3) is 5.91 Å². The molecule has 1 unspecified atom stereocenters. The summed E-state index contributed by atoms with van der Waals surface area (Å²) in [6.07, 6.45) is 7.35. The molecule has 0 fully saturated rings. The molecule has 1 aliphatic heterocycles. The van der Waals surface area contributed by atoms with Crippen LogP contribution >= 0.6 is 11.6 Å². The van der Waals surface area contributed by atoms with E-state index in [1.54, 1.807) is 4.90 Å². The molecule has 1 aliphatic rings. The summed E-state index contributed by atoms with van der Waals surface area (Å²) in [5.41, 5.74) is 3.44. The molecule has 0 bridgehead atoms. The van der Waals surface area contributed by atoms with Gasteiger partial charge in [-0.05, 0) is 29.7 Å². The Labute approximate surface area is 144 Å². The van der Waals surface area contributed by atoms with Crippen molar-refractivity contribution in [3.63, 3.8) is 0 Å². The number of fused-ring (bicyclic) bond motifs is 1. The number of nitrogens with zero attached hydrogens (tertiary/aromatic N) is 3. The van der Waals surface area contributed by atoms with Crippen LogP contribution in [-0.4, -0.2) is 34.0 Å². The van der Waals surface area contributed by atoms with Gasteiger partial charge in [0.2, 0.25) is 5.28 Å². The van der Waals surface area contributed by atoms with Crippen LogP contribution in [0.4, 0.5) is 4.39 Å². The first-order chi connectivity index (χ1) is 11.6. The van der Waals surface area contributed by atoms with E-state index < -0.39 is 6.67 Å². The van der Waals surface area contributed by atoms with E-state index in [0.717, 1.165) is 11.1 Å². The number of benzene rings is 1. The third-order valence-electron chi connectivity index (χ3n) is 4.25.